The number of carbonyl (C=O) groups is 1. The summed E-state index contributed by atoms with van der Waals surface area (Å²) in [6, 6.07) is 19.3. The fraction of sp³-hybridized carbons (Fsp3) is 0.158. The standard InChI is InChI=1S/C19H17NO3/c1-2-15(19(21)22)18-20-16(13-9-5-3-6-10-13)17(23-18)14-11-7-4-8-12-14/h3-12,15H,2H2,1H3,(H,21,22). The van der Waals surface area contributed by atoms with Crippen LogP contribution in [0.15, 0.2) is 65.1 Å². The Labute approximate surface area is 134 Å². The van der Waals surface area contributed by atoms with Crippen LogP contribution in [0.4, 0.5) is 0 Å². The average molecular weight is 307 g/mol. The van der Waals surface area contributed by atoms with Crippen molar-refractivity contribution in [2.75, 3.05) is 0 Å². The molecule has 0 fully saturated rings. The van der Waals surface area contributed by atoms with Crippen LogP contribution < -0.4 is 0 Å². The first-order valence-corrected chi connectivity index (χ1v) is 7.55. The number of rotatable bonds is 5. The number of hydrogen-bond acceptors (Lipinski definition) is 3. The van der Waals surface area contributed by atoms with Crippen molar-refractivity contribution < 1.29 is 14.3 Å². The molecule has 0 aliphatic rings. The monoisotopic (exact) mass is 307 g/mol. The molecule has 0 saturated carbocycles. The molecule has 1 atom stereocenters. The zero-order chi connectivity index (χ0) is 16.2. The summed E-state index contributed by atoms with van der Waals surface area (Å²) in [5, 5.41) is 9.37. The van der Waals surface area contributed by atoms with Gasteiger partial charge in [-0.15, -0.1) is 0 Å². The second-order valence-corrected chi connectivity index (χ2v) is 5.26. The molecule has 1 N–H and O–H groups in total. The summed E-state index contributed by atoms with van der Waals surface area (Å²) in [6.45, 7) is 1.81. The van der Waals surface area contributed by atoms with Crippen LogP contribution in [-0.4, -0.2) is 16.1 Å². The minimum atomic E-state index is -0.923. The first-order valence-electron chi connectivity index (χ1n) is 7.55. The van der Waals surface area contributed by atoms with E-state index in [1.807, 2.05) is 67.6 Å². The summed E-state index contributed by atoms with van der Waals surface area (Å²) < 4.78 is 5.88. The van der Waals surface area contributed by atoms with Crippen LogP contribution in [0.1, 0.15) is 25.2 Å². The van der Waals surface area contributed by atoms with E-state index in [4.69, 9.17) is 4.42 Å². The highest BCUT2D eigenvalue weighted by Gasteiger charge is 2.26. The van der Waals surface area contributed by atoms with Crippen molar-refractivity contribution in [2.24, 2.45) is 0 Å². The first-order chi connectivity index (χ1) is 11.2. The molecule has 0 saturated heterocycles. The molecule has 116 valence electrons. The van der Waals surface area contributed by atoms with Crippen molar-refractivity contribution in [3.05, 3.63) is 66.6 Å². The number of nitrogens with zero attached hydrogens (tertiary/aromatic N) is 1. The van der Waals surface area contributed by atoms with Crippen LogP contribution in [0, 0.1) is 0 Å². The molecule has 23 heavy (non-hydrogen) atoms. The number of oxazole rings is 1. The Hall–Kier alpha value is -2.88. The maximum atomic E-state index is 11.4. The van der Waals surface area contributed by atoms with Gasteiger partial charge in [-0.1, -0.05) is 67.6 Å². The van der Waals surface area contributed by atoms with E-state index in [1.165, 1.54) is 0 Å². The van der Waals surface area contributed by atoms with Gasteiger partial charge in [0.15, 0.2) is 5.76 Å². The van der Waals surface area contributed by atoms with E-state index in [2.05, 4.69) is 4.98 Å². The van der Waals surface area contributed by atoms with E-state index >= 15 is 0 Å². The summed E-state index contributed by atoms with van der Waals surface area (Å²) in [5.41, 5.74) is 2.46. The number of carboxylic acid groups (broad SMARTS) is 1. The third-order valence-corrected chi connectivity index (χ3v) is 3.73. The lowest BCUT2D eigenvalue weighted by molar-refractivity contribution is -0.139. The second kappa shape index (κ2) is 6.48. The van der Waals surface area contributed by atoms with Crippen LogP contribution in [-0.2, 0) is 4.79 Å². The smallest absolute Gasteiger partial charge is 0.315 e. The molecule has 4 nitrogen and oxygen atoms in total. The summed E-state index contributed by atoms with van der Waals surface area (Å²) in [7, 11) is 0. The number of benzene rings is 2. The Morgan fingerprint density at radius 1 is 1.04 bits per heavy atom. The summed E-state index contributed by atoms with van der Waals surface area (Å²) >= 11 is 0. The number of aliphatic carboxylic acids is 1. The predicted octanol–water partition coefficient (Wildman–Crippen LogP) is 4.59. The van der Waals surface area contributed by atoms with E-state index in [1.54, 1.807) is 0 Å². The van der Waals surface area contributed by atoms with Crippen molar-refractivity contribution in [1.29, 1.82) is 0 Å². The van der Waals surface area contributed by atoms with Gasteiger partial charge in [0.1, 0.15) is 11.6 Å². The Balaban J connectivity index is 2.17. The van der Waals surface area contributed by atoms with Crippen molar-refractivity contribution in [1.82, 2.24) is 4.98 Å². The largest absolute Gasteiger partial charge is 0.481 e. The first kappa shape index (κ1) is 15.0. The van der Waals surface area contributed by atoms with Crippen LogP contribution >= 0.6 is 0 Å². The molecule has 0 bridgehead atoms. The summed E-state index contributed by atoms with van der Waals surface area (Å²) in [4.78, 5) is 15.9. The molecule has 3 rings (SSSR count). The molecule has 0 radical (unpaired) electrons. The van der Waals surface area contributed by atoms with Gasteiger partial charge in [0.05, 0.1) is 0 Å². The zero-order valence-electron chi connectivity index (χ0n) is 12.8. The molecule has 4 heteroatoms. The molecule has 0 aliphatic carbocycles. The predicted molar refractivity (Wildman–Crippen MR) is 88.0 cm³/mol. The van der Waals surface area contributed by atoms with E-state index in [9.17, 15) is 9.90 Å². The van der Waals surface area contributed by atoms with Crippen molar-refractivity contribution >= 4 is 5.97 Å². The van der Waals surface area contributed by atoms with Gasteiger partial charge in [-0.05, 0) is 6.42 Å². The van der Waals surface area contributed by atoms with Gasteiger partial charge in [0.25, 0.3) is 0 Å². The van der Waals surface area contributed by atoms with Crippen molar-refractivity contribution in [3.63, 3.8) is 0 Å². The van der Waals surface area contributed by atoms with Crippen LogP contribution in [0.25, 0.3) is 22.6 Å². The van der Waals surface area contributed by atoms with E-state index in [0.29, 0.717) is 17.9 Å². The Morgan fingerprint density at radius 3 is 2.13 bits per heavy atom. The summed E-state index contributed by atoms with van der Waals surface area (Å²) in [6.07, 6.45) is 0.429. The van der Waals surface area contributed by atoms with Crippen LogP contribution in [0.5, 0.6) is 0 Å². The fourth-order valence-corrected chi connectivity index (χ4v) is 2.52. The van der Waals surface area contributed by atoms with E-state index in [0.717, 1.165) is 11.1 Å². The van der Waals surface area contributed by atoms with Crippen LogP contribution in [0.3, 0.4) is 0 Å². The highest BCUT2D eigenvalue weighted by molar-refractivity contribution is 5.79. The lowest BCUT2D eigenvalue weighted by Crippen LogP contribution is -2.10. The molecule has 3 aromatic rings. The number of aromatic nitrogens is 1. The molecular formula is C19H17NO3. The highest BCUT2D eigenvalue weighted by atomic mass is 16.4. The third-order valence-electron chi connectivity index (χ3n) is 3.73. The van der Waals surface area contributed by atoms with Gasteiger partial charge in [0.2, 0.25) is 5.89 Å². The average Bonchev–Trinajstić information content (AvgIpc) is 3.02. The van der Waals surface area contributed by atoms with Crippen molar-refractivity contribution in [2.45, 2.75) is 19.3 Å². The quantitative estimate of drug-likeness (QED) is 0.749. The molecule has 0 aliphatic heterocycles. The van der Waals surface area contributed by atoms with Gasteiger partial charge in [-0.2, -0.15) is 0 Å². The zero-order valence-corrected chi connectivity index (χ0v) is 12.8. The molecule has 2 aromatic carbocycles. The topological polar surface area (TPSA) is 63.3 Å². The summed E-state index contributed by atoms with van der Waals surface area (Å²) in [5.74, 6) is -0.813. The SMILES string of the molecule is CCC(C(=O)O)c1nc(-c2ccccc2)c(-c2ccccc2)o1. The number of hydrogen-bond donors (Lipinski definition) is 1. The van der Waals surface area contributed by atoms with Gasteiger partial charge in [0, 0.05) is 11.1 Å². The molecular weight excluding hydrogens is 290 g/mol. The van der Waals surface area contributed by atoms with E-state index in [-0.39, 0.29) is 5.89 Å². The maximum Gasteiger partial charge on any atom is 0.315 e. The molecule has 0 spiro atoms. The molecule has 1 heterocycles. The number of carboxylic acids is 1. The van der Waals surface area contributed by atoms with Crippen LogP contribution in [0.2, 0.25) is 0 Å². The minimum absolute atomic E-state index is 0.248. The lowest BCUT2D eigenvalue weighted by atomic mass is 10.1. The Bertz CT molecular complexity index is 737. The highest BCUT2D eigenvalue weighted by Crippen LogP contribution is 2.35. The second-order valence-electron chi connectivity index (χ2n) is 5.26. The normalized spacial score (nSPS) is 12.0. The van der Waals surface area contributed by atoms with Crippen molar-refractivity contribution in [3.8, 4) is 22.6 Å². The fourth-order valence-electron chi connectivity index (χ4n) is 2.52. The lowest BCUT2D eigenvalue weighted by Gasteiger charge is -2.03. The Morgan fingerprint density at radius 2 is 1.61 bits per heavy atom. The third kappa shape index (κ3) is 3.01. The minimum Gasteiger partial charge on any atom is -0.481 e. The molecule has 1 aromatic heterocycles. The molecule has 0 amide bonds. The Kier molecular flexibility index (Phi) is 4.24. The molecule has 1 unspecified atom stereocenters. The van der Waals surface area contributed by atoms with E-state index < -0.39 is 11.9 Å². The van der Waals surface area contributed by atoms with Gasteiger partial charge >= 0.3 is 5.97 Å². The van der Waals surface area contributed by atoms with Gasteiger partial charge < -0.3 is 9.52 Å². The van der Waals surface area contributed by atoms with Gasteiger partial charge in [-0.3, -0.25) is 4.79 Å². The maximum absolute atomic E-state index is 11.4. The van der Waals surface area contributed by atoms with Gasteiger partial charge in [-0.25, -0.2) is 4.98 Å².